The lowest BCUT2D eigenvalue weighted by Gasteiger charge is -2.29. The van der Waals surface area contributed by atoms with Gasteiger partial charge in [-0.25, -0.2) is 23.7 Å². The molecular weight excluding hydrogens is 462 g/mol. The third-order valence-electron chi connectivity index (χ3n) is 6.69. The molecule has 0 atom stereocenters. The fourth-order valence-electron chi connectivity index (χ4n) is 4.69. The second-order valence-electron chi connectivity index (χ2n) is 9.84. The van der Waals surface area contributed by atoms with Gasteiger partial charge in [-0.2, -0.15) is 0 Å². The molecule has 0 bridgehead atoms. The van der Waals surface area contributed by atoms with E-state index in [1.807, 2.05) is 18.3 Å². The van der Waals surface area contributed by atoms with Crippen LogP contribution in [0.15, 0.2) is 48.9 Å². The fourth-order valence-corrected chi connectivity index (χ4v) is 4.69. The van der Waals surface area contributed by atoms with Gasteiger partial charge in [0.1, 0.15) is 22.8 Å². The number of halogens is 2. The van der Waals surface area contributed by atoms with Crippen LogP contribution in [-0.4, -0.2) is 50.1 Å². The molecule has 0 aliphatic carbocycles. The van der Waals surface area contributed by atoms with Crippen LogP contribution in [0.4, 0.5) is 20.5 Å². The van der Waals surface area contributed by atoms with Gasteiger partial charge in [0.25, 0.3) is 0 Å². The van der Waals surface area contributed by atoms with E-state index in [1.54, 1.807) is 26.0 Å². The van der Waals surface area contributed by atoms with Gasteiger partial charge in [-0.1, -0.05) is 6.07 Å². The Balaban J connectivity index is 1.44. The summed E-state index contributed by atoms with van der Waals surface area (Å²) in [5, 5.41) is 13.9. The number of anilines is 2. The van der Waals surface area contributed by atoms with Crippen molar-refractivity contribution in [2.75, 3.05) is 25.5 Å². The van der Waals surface area contributed by atoms with Crippen molar-refractivity contribution >= 4 is 22.7 Å². The van der Waals surface area contributed by atoms with Crippen LogP contribution < -0.4 is 5.32 Å². The zero-order valence-corrected chi connectivity index (χ0v) is 20.5. The summed E-state index contributed by atoms with van der Waals surface area (Å²) in [7, 11) is 2.13. The van der Waals surface area contributed by atoms with E-state index in [0.717, 1.165) is 32.1 Å². The van der Waals surface area contributed by atoms with Crippen LogP contribution in [0.2, 0.25) is 0 Å². The van der Waals surface area contributed by atoms with E-state index in [2.05, 4.69) is 37.2 Å². The molecule has 1 aliphatic heterocycles. The quantitative estimate of drug-likeness (QED) is 0.400. The molecule has 3 aromatic heterocycles. The van der Waals surface area contributed by atoms with Crippen LogP contribution >= 0.6 is 0 Å². The monoisotopic (exact) mass is 490 g/mol. The van der Waals surface area contributed by atoms with Crippen molar-refractivity contribution in [2.45, 2.75) is 38.2 Å². The van der Waals surface area contributed by atoms with Gasteiger partial charge in [0.2, 0.25) is 5.95 Å². The highest BCUT2D eigenvalue weighted by atomic mass is 19.1. The molecule has 1 aromatic carbocycles. The average molecular weight is 491 g/mol. The molecule has 9 heteroatoms. The summed E-state index contributed by atoms with van der Waals surface area (Å²) in [6.45, 7) is 5.34. The number of hydrogen-bond acceptors (Lipinski definition) is 7. The Hall–Kier alpha value is -3.56. The van der Waals surface area contributed by atoms with Gasteiger partial charge >= 0.3 is 0 Å². The summed E-state index contributed by atoms with van der Waals surface area (Å²) in [5.41, 5.74) is 0.676. The summed E-state index contributed by atoms with van der Waals surface area (Å²) in [6.07, 6.45) is 6.54. The Morgan fingerprint density at radius 1 is 1.00 bits per heavy atom. The zero-order valence-electron chi connectivity index (χ0n) is 20.5. The number of aromatic nitrogens is 4. The van der Waals surface area contributed by atoms with E-state index in [1.165, 1.54) is 17.8 Å². The summed E-state index contributed by atoms with van der Waals surface area (Å²) in [4.78, 5) is 19.3. The molecule has 0 spiro atoms. The SMILES string of the molecule is CN1CCC(c2ccc(Nc3ncc(F)c(-c4cc(F)c5nccc(C(C)(C)O)c5c4)n3)nc2)CC1. The first-order valence-corrected chi connectivity index (χ1v) is 11.9. The number of nitrogens with one attached hydrogen (secondary N) is 1. The molecule has 0 saturated carbocycles. The molecule has 5 rings (SSSR count). The number of hydrogen-bond donors (Lipinski definition) is 2. The standard InChI is InChI=1S/C27H28F2N6O/c1-27(2,36)20-6-9-30-25-19(20)12-18(13-21(25)28)24-22(29)15-32-26(34-24)33-23-5-4-17(14-31-23)16-7-10-35(3)11-8-16/h4-6,9,12-16,36H,7-8,10-11H2,1-3H3,(H,31,32,33,34). The highest BCUT2D eigenvalue weighted by Crippen LogP contribution is 2.33. The lowest BCUT2D eigenvalue weighted by atomic mass is 9.91. The maximum atomic E-state index is 15.0. The number of benzene rings is 1. The number of fused-ring (bicyclic) bond motifs is 1. The Labute approximate surface area is 208 Å². The molecule has 0 amide bonds. The van der Waals surface area contributed by atoms with Crippen molar-refractivity contribution in [3.8, 4) is 11.3 Å². The van der Waals surface area contributed by atoms with Crippen molar-refractivity contribution in [1.82, 2.24) is 24.8 Å². The van der Waals surface area contributed by atoms with Gasteiger partial charge in [0, 0.05) is 23.3 Å². The van der Waals surface area contributed by atoms with Crippen LogP contribution in [-0.2, 0) is 5.60 Å². The number of nitrogens with zero attached hydrogens (tertiary/aromatic N) is 5. The first-order chi connectivity index (χ1) is 17.2. The third kappa shape index (κ3) is 4.89. The predicted molar refractivity (Wildman–Crippen MR) is 135 cm³/mol. The molecule has 2 N–H and O–H groups in total. The average Bonchev–Trinajstić information content (AvgIpc) is 2.85. The molecule has 7 nitrogen and oxygen atoms in total. The van der Waals surface area contributed by atoms with Crippen molar-refractivity contribution in [3.63, 3.8) is 0 Å². The number of pyridine rings is 2. The fraction of sp³-hybridized carbons (Fsp3) is 0.333. The van der Waals surface area contributed by atoms with Crippen molar-refractivity contribution in [3.05, 3.63) is 71.7 Å². The molecule has 1 fully saturated rings. The van der Waals surface area contributed by atoms with E-state index in [0.29, 0.717) is 22.7 Å². The van der Waals surface area contributed by atoms with E-state index < -0.39 is 17.2 Å². The molecule has 1 aliphatic rings. The van der Waals surface area contributed by atoms with Gasteiger partial charge in [0.15, 0.2) is 5.82 Å². The van der Waals surface area contributed by atoms with Gasteiger partial charge < -0.3 is 15.3 Å². The van der Waals surface area contributed by atoms with Crippen LogP contribution in [0.25, 0.3) is 22.2 Å². The van der Waals surface area contributed by atoms with E-state index in [4.69, 9.17) is 0 Å². The number of aliphatic hydroxyl groups is 1. The Morgan fingerprint density at radius 3 is 2.47 bits per heavy atom. The maximum absolute atomic E-state index is 15.0. The highest BCUT2D eigenvalue weighted by molar-refractivity contribution is 5.88. The molecule has 0 radical (unpaired) electrons. The molecule has 4 aromatic rings. The first-order valence-electron chi connectivity index (χ1n) is 11.9. The van der Waals surface area contributed by atoms with Gasteiger partial charge in [0.05, 0.1) is 11.8 Å². The number of piperidine rings is 1. The molecule has 0 unspecified atom stereocenters. The summed E-state index contributed by atoms with van der Waals surface area (Å²) in [6, 6.07) is 8.29. The van der Waals surface area contributed by atoms with Crippen molar-refractivity contribution in [2.24, 2.45) is 0 Å². The Kier molecular flexibility index (Phi) is 6.36. The minimum atomic E-state index is -1.24. The van der Waals surface area contributed by atoms with Crippen LogP contribution in [0.5, 0.6) is 0 Å². The van der Waals surface area contributed by atoms with Gasteiger partial charge in [-0.15, -0.1) is 0 Å². The smallest absolute Gasteiger partial charge is 0.229 e. The van der Waals surface area contributed by atoms with Gasteiger partial charge in [-0.3, -0.25) is 4.98 Å². The predicted octanol–water partition coefficient (Wildman–Crippen LogP) is 5.15. The summed E-state index contributed by atoms with van der Waals surface area (Å²) in [5.74, 6) is -0.170. The second kappa shape index (κ2) is 9.48. The Bertz CT molecular complexity index is 1400. The maximum Gasteiger partial charge on any atom is 0.229 e. The Morgan fingerprint density at radius 2 is 1.78 bits per heavy atom. The van der Waals surface area contributed by atoms with Crippen LogP contribution in [0, 0.1) is 11.6 Å². The minimum absolute atomic E-state index is 0.0678. The molecule has 186 valence electrons. The number of rotatable bonds is 5. The first kappa shape index (κ1) is 24.1. The summed E-state index contributed by atoms with van der Waals surface area (Å²) >= 11 is 0. The van der Waals surface area contributed by atoms with E-state index in [-0.39, 0.29) is 22.7 Å². The van der Waals surface area contributed by atoms with Crippen LogP contribution in [0.3, 0.4) is 0 Å². The zero-order chi connectivity index (χ0) is 25.4. The van der Waals surface area contributed by atoms with Gasteiger partial charge in [-0.05, 0) is 88.1 Å². The van der Waals surface area contributed by atoms with Crippen molar-refractivity contribution < 1.29 is 13.9 Å². The van der Waals surface area contributed by atoms with Crippen LogP contribution in [0.1, 0.15) is 43.7 Å². The van der Waals surface area contributed by atoms with Crippen molar-refractivity contribution in [1.29, 1.82) is 0 Å². The highest BCUT2D eigenvalue weighted by Gasteiger charge is 2.22. The largest absolute Gasteiger partial charge is 0.386 e. The third-order valence-corrected chi connectivity index (χ3v) is 6.69. The van der Waals surface area contributed by atoms with E-state index >= 15 is 0 Å². The lowest BCUT2D eigenvalue weighted by Crippen LogP contribution is -2.29. The summed E-state index contributed by atoms with van der Waals surface area (Å²) < 4.78 is 29.7. The molecule has 36 heavy (non-hydrogen) atoms. The molecule has 4 heterocycles. The lowest BCUT2D eigenvalue weighted by molar-refractivity contribution is 0.0801. The van der Waals surface area contributed by atoms with E-state index in [9.17, 15) is 13.9 Å². The normalized spacial score (nSPS) is 15.4. The minimum Gasteiger partial charge on any atom is -0.386 e. The molecule has 1 saturated heterocycles. The second-order valence-corrected chi connectivity index (χ2v) is 9.84. The molecular formula is C27H28F2N6O. The number of likely N-dealkylation sites (tertiary alicyclic amines) is 1. The topological polar surface area (TPSA) is 87.1 Å².